The van der Waals surface area contributed by atoms with Gasteiger partial charge in [-0.25, -0.2) is 0 Å². The first-order chi connectivity index (χ1) is 8.84. The van der Waals surface area contributed by atoms with E-state index in [4.69, 9.17) is 0 Å². The summed E-state index contributed by atoms with van der Waals surface area (Å²) in [7, 11) is 0. The zero-order chi connectivity index (χ0) is 12.4. The van der Waals surface area contributed by atoms with E-state index < -0.39 is 0 Å². The van der Waals surface area contributed by atoms with Crippen molar-refractivity contribution in [1.29, 1.82) is 0 Å². The van der Waals surface area contributed by atoms with Crippen molar-refractivity contribution in [2.75, 3.05) is 5.32 Å². The molecular formula is C14H15N3O. The van der Waals surface area contributed by atoms with Crippen LogP contribution < -0.4 is 5.32 Å². The van der Waals surface area contributed by atoms with Crippen molar-refractivity contribution in [3.05, 3.63) is 36.5 Å². The molecule has 4 heteroatoms. The first-order valence-corrected chi connectivity index (χ1v) is 6.22. The summed E-state index contributed by atoms with van der Waals surface area (Å²) in [5.41, 5.74) is 1.70. The largest absolute Gasteiger partial charge is 0.324 e. The average molecular weight is 241 g/mol. The van der Waals surface area contributed by atoms with E-state index in [9.17, 15) is 4.79 Å². The maximum atomic E-state index is 12.2. The fourth-order valence-corrected chi connectivity index (χ4v) is 2.34. The van der Waals surface area contributed by atoms with Gasteiger partial charge in [0, 0.05) is 11.3 Å². The van der Waals surface area contributed by atoms with Gasteiger partial charge in [-0.1, -0.05) is 24.3 Å². The molecule has 2 aromatic rings. The highest BCUT2D eigenvalue weighted by Crippen LogP contribution is 2.24. The van der Waals surface area contributed by atoms with Gasteiger partial charge < -0.3 is 5.32 Å². The molecule has 0 aliphatic heterocycles. The minimum absolute atomic E-state index is 0.0909. The third-order valence-electron chi connectivity index (χ3n) is 3.37. The summed E-state index contributed by atoms with van der Waals surface area (Å²) in [6, 6.07) is 5.79. The third kappa shape index (κ3) is 2.01. The van der Waals surface area contributed by atoms with E-state index in [2.05, 4.69) is 27.7 Å². The summed E-state index contributed by atoms with van der Waals surface area (Å²) in [6.07, 6.45) is 8.75. The normalized spacial score (nSPS) is 19.0. The summed E-state index contributed by atoms with van der Waals surface area (Å²) in [4.78, 5) is 12.2. The van der Waals surface area contributed by atoms with Gasteiger partial charge in [-0.3, -0.25) is 9.89 Å². The monoisotopic (exact) mass is 241 g/mol. The Morgan fingerprint density at radius 1 is 1.39 bits per heavy atom. The van der Waals surface area contributed by atoms with Crippen LogP contribution in [-0.4, -0.2) is 16.1 Å². The zero-order valence-electron chi connectivity index (χ0n) is 10.0. The standard InChI is InChI=1S/C14H15N3O/c18-14(10-5-2-1-3-6-10)16-12-8-4-7-11-9-15-17-13(11)12/h1-2,4,7-10H,3,5-6H2,(H,15,17)(H,16,18). The predicted molar refractivity (Wildman–Crippen MR) is 71.2 cm³/mol. The van der Waals surface area contributed by atoms with Crippen molar-refractivity contribution in [2.45, 2.75) is 19.3 Å². The minimum Gasteiger partial charge on any atom is -0.324 e. The summed E-state index contributed by atoms with van der Waals surface area (Å²) >= 11 is 0. The topological polar surface area (TPSA) is 57.8 Å². The molecule has 1 atom stereocenters. The lowest BCUT2D eigenvalue weighted by Gasteiger charge is -2.17. The smallest absolute Gasteiger partial charge is 0.227 e. The molecule has 1 heterocycles. The Labute approximate surface area is 105 Å². The molecule has 2 N–H and O–H groups in total. The van der Waals surface area contributed by atoms with Crippen molar-refractivity contribution in [2.24, 2.45) is 5.92 Å². The van der Waals surface area contributed by atoms with Gasteiger partial charge >= 0.3 is 0 Å². The van der Waals surface area contributed by atoms with E-state index in [1.54, 1.807) is 6.20 Å². The van der Waals surface area contributed by atoms with E-state index in [-0.39, 0.29) is 11.8 Å². The number of anilines is 1. The SMILES string of the molecule is O=C(Nc1cccc2cn[nH]c12)C1CC=CCC1. The van der Waals surface area contributed by atoms with Crippen LogP contribution in [0.4, 0.5) is 5.69 Å². The van der Waals surface area contributed by atoms with Gasteiger partial charge in [0.15, 0.2) is 0 Å². The number of carbonyl (C=O) groups is 1. The lowest BCUT2D eigenvalue weighted by Crippen LogP contribution is -2.23. The molecule has 0 fully saturated rings. The maximum absolute atomic E-state index is 12.2. The van der Waals surface area contributed by atoms with E-state index in [0.29, 0.717) is 0 Å². The second kappa shape index (κ2) is 4.64. The Morgan fingerprint density at radius 2 is 2.33 bits per heavy atom. The lowest BCUT2D eigenvalue weighted by molar-refractivity contribution is -0.120. The van der Waals surface area contributed by atoms with Crippen LogP contribution in [0.2, 0.25) is 0 Å². The number of nitrogens with zero attached hydrogens (tertiary/aromatic N) is 1. The number of rotatable bonds is 2. The molecule has 0 bridgehead atoms. The quantitative estimate of drug-likeness (QED) is 0.794. The van der Waals surface area contributed by atoms with Crippen LogP contribution in [-0.2, 0) is 4.79 Å². The van der Waals surface area contributed by atoms with Crippen LogP contribution in [0.25, 0.3) is 10.9 Å². The van der Waals surface area contributed by atoms with Gasteiger partial charge in [-0.2, -0.15) is 5.10 Å². The molecule has 1 aliphatic rings. The minimum atomic E-state index is 0.0909. The Bertz CT molecular complexity index is 600. The molecule has 0 saturated heterocycles. The molecule has 1 aromatic heterocycles. The number of benzene rings is 1. The van der Waals surface area contributed by atoms with Crippen LogP contribution in [0.5, 0.6) is 0 Å². The highest BCUT2D eigenvalue weighted by Gasteiger charge is 2.19. The molecule has 1 aliphatic carbocycles. The van der Waals surface area contributed by atoms with Crippen LogP contribution in [0.1, 0.15) is 19.3 Å². The average Bonchev–Trinajstić information content (AvgIpc) is 2.89. The summed E-state index contributed by atoms with van der Waals surface area (Å²) < 4.78 is 0. The molecule has 0 spiro atoms. The van der Waals surface area contributed by atoms with E-state index in [0.717, 1.165) is 35.9 Å². The number of carbonyl (C=O) groups excluding carboxylic acids is 1. The van der Waals surface area contributed by atoms with E-state index >= 15 is 0 Å². The highest BCUT2D eigenvalue weighted by atomic mass is 16.1. The Kier molecular flexibility index (Phi) is 2.84. The molecule has 18 heavy (non-hydrogen) atoms. The number of aromatic amines is 1. The number of allylic oxidation sites excluding steroid dienone is 2. The van der Waals surface area contributed by atoms with Crippen molar-refractivity contribution >= 4 is 22.5 Å². The predicted octanol–water partition coefficient (Wildman–Crippen LogP) is 2.86. The van der Waals surface area contributed by atoms with Gasteiger partial charge in [0.1, 0.15) is 0 Å². The molecular weight excluding hydrogens is 226 g/mol. The van der Waals surface area contributed by atoms with Crippen molar-refractivity contribution < 1.29 is 4.79 Å². The number of nitrogens with one attached hydrogen (secondary N) is 2. The van der Waals surface area contributed by atoms with Crippen molar-refractivity contribution in [3.63, 3.8) is 0 Å². The number of para-hydroxylation sites is 1. The fourth-order valence-electron chi connectivity index (χ4n) is 2.34. The van der Waals surface area contributed by atoms with Crippen LogP contribution >= 0.6 is 0 Å². The number of amides is 1. The number of fused-ring (bicyclic) bond motifs is 1. The summed E-state index contributed by atoms with van der Waals surface area (Å²) in [5, 5.41) is 10.9. The van der Waals surface area contributed by atoms with Gasteiger partial charge in [0.2, 0.25) is 5.91 Å². The summed E-state index contributed by atoms with van der Waals surface area (Å²) in [5.74, 6) is 0.189. The van der Waals surface area contributed by atoms with Crippen LogP contribution in [0.15, 0.2) is 36.5 Å². The molecule has 0 radical (unpaired) electrons. The second-order valence-corrected chi connectivity index (χ2v) is 4.61. The first kappa shape index (κ1) is 11.0. The van der Waals surface area contributed by atoms with Crippen LogP contribution in [0.3, 0.4) is 0 Å². The summed E-state index contributed by atoms with van der Waals surface area (Å²) in [6.45, 7) is 0. The molecule has 1 unspecified atom stereocenters. The van der Waals surface area contributed by atoms with Gasteiger partial charge in [0.25, 0.3) is 0 Å². The molecule has 3 rings (SSSR count). The number of H-pyrrole nitrogens is 1. The van der Waals surface area contributed by atoms with Crippen LogP contribution in [0, 0.1) is 5.92 Å². The van der Waals surface area contributed by atoms with Gasteiger partial charge in [-0.15, -0.1) is 0 Å². The molecule has 92 valence electrons. The third-order valence-corrected chi connectivity index (χ3v) is 3.37. The molecule has 4 nitrogen and oxygen atoms in total. The Hall–Kier alpha value is -2.10. The van der Waals surface area contributed by atoms with E-state index in [1.807, 2.05) is 18.2 Å². The molecule has 1 aromatic carbocycles. The molecule has 0 saturated carbocycles. The van der Waals surface area contributed by atoms with Crippen molar-refractivity contribution in [3.8, 4) is 0 Å². The Balaban J connectivity index is 1.81. The van der Waals surface area contributed by atoms with Gasteiger partial charge in [0.05, 0.1) is 17.4 Å². The van der Waals surface area contributed by atoms with E-state index in [1.165, 1.54) is 0 Å². The zero-order valence-corrected chi connectivity index (χ0v) is 10.0. The Morgan fingerprint density at radius 3 is 3.17 bits per heavy atom. The number of hydrogen-bond donors (Lipinski definition) is 2. The second-order valence-electron chi connectivity index (χ2n) is 4.61. The fraction of sp³-hybridized carbons (Fsp3) is 0.286. The maximum Gasteiger partial charge on any atom is 0.227 e. The lowest BCUT2D eigenvalue weighted by atomic mass is 9.93. The highest BCUT2D eigenvalue weighted by molar-refractivity contribution is 6.01. The number of aromatic nitrogens is 2. The number of hydrogen-bond acceptors (Lipinski definition) is 2. The molecule has 1 amide bonds. The van der Waals surface area contributed by atoms with Crippen molar-refractivity contribution in [1.82, 2.24) is 10.2 Å². The van der Waals surface area contributed by atoms with Gasteiger partial charge in [-0.05, 0) is 25.3 Å². The first-order valence-electron chi connectivity index (χ1n) is 6.22.